The molecule has 4 nitrogen and oxygen atoms in total. The summed E-state index contributed by atoms with van der Waals surface area (Å²) in [6.07, 6.45) is 0. The number of rotatable bonds is 4. The van der Waals surface area contributed by atoms with Gasteiger partial charge in [-0.3, -0.25) is 4.79 Å². The quantitative estimate of drug-likeness (QED) is 0.287. The number of carbonyl (C=O) groups excluding carboxylic acids is 1. The van der Waals surface area contributed by atoms with Crippen LogP contribution in [0.5, 0.6) is 11.5 Å². The summed E-state index contributed by atoms with van der Waals surface area (Å²) in [5.74, 6) is 1.36. The van der Waals surface area contributed by atoms with Gasteiger partial charge >= 0.3 is 0 Å². The Hall–Kier alpha value is -3.96. The van der Waals surface area contributed by atoms with Crippen LogP contribution in [0.1, 0.15) is 30.9 Å². The zero-order valence-electron chi connectivity index (χ0n) is 19.5. The molecule has 0 saturated heterocycles. The lowest BCUT2D eigenvalue weighted by Gasteiger charge is -2.38. The summed E-state index contributed by atoms with van der Waals surface area (Å²) >= 11 is 1.45. The van der Waals surface area contributed by atoms with Crippen molar-refractivity contribution in [2.24, 2.45) is 5.41 Å². The second-order valence-corrected chi connectivity index (χ2v) is 10.2. The van der Waals surface area contributed by atoms with Crippen LogP contribution in [0.3, 0.4) is 0 Å². The minimum atomic E-state index is -0.749. The number of amides is 1. The Morgan fingerprint density at radius 3 is 2.23 bits per heavy atom. The molecule has 1 aliphatic heterocycles. The Balaban J connectivity index is 1.33. The molecule has 6 rings (SSSR count). The van der Waals surface area contributed by atoms with Crippen LogP contribution in [-0.2, 0) is 4.79 Å². The number of fused-ring (bicyclic) bond motifs is 3. The highest BCUT2D eigenvalue weighted by molar-refractivity contribution is 7.14. The molecular formula is C30H24N2O2S. The van der Waals surface area contributed by atoms with E-state index >= 15 is 0 Å². The number of carbonyl (C=O) groups is 1. The molecule has 35 heavy (non-hydrogen) atoms. The summed E-state index contributed by atoms with van der Waals surface area (Å²) in [4.78, 5) is 18.5. The first-order valence-electron chi connectivity index (χ1n) is 11.6. The van der Waals surface area contributed by atoms with Gasteiger partial charge in [0.2, 0.25) is 5.91 Å². The Kier molecular flexibility index (Phi) is 5.15. The van der Waals surface area contributed by atoms with Gasteiger partial charge in [-0.1, -0.05) is 92.7 Å². The van der Waals surface area contributed by atoms with Gasteiger partial charge in [-0.15, -0.1) is 11.3 Å². The molecule has 1 aliphatic rings. The van der Waals surface area contributed by atoms with Gasteiger partial charge in [-0.2, -0.15) is 0 Å². The van der Waals surface area contributed by atoms with Crippen LogP contribution in [0.2, 0.25) is 0 Å². The topological polar surface area (TPSA) is 51.2 Å². The molecule has 1 amide bonds. The Morgan fingerprint density at radius 1 is 0.857 bits per heavy atom. The molecule has 172 valence electrons. The van der Waals surface area contributed by atoms with Crippen molar-refractivity contribution in [2.45, 2.75) is 19.8 Å². The van der Waals surface area contributed by atoms with Crippen molar-refractivity contribution >= 4 is 33.1 Å². The molecule has 0 aliphatic carbocycles. The lowest BCUT2D eigenvalue weighted by molar-refractivity contribution is -0.124. The Bertz CT molecular complexity index is 1520. The van der Waals surface area contributed by atoms with Gasteiger partial charge < -0.3 is 10.1 Å². The smallest absolute Gasteiger partial charge is 0.232 e. The average Bonchev–Trinajstić information content (AvgIpc) is 3.35. The van der Waals surface area contributed by atoms with E-state index in [-0.39, 0.29) is 11.8 Å². The number of hydrogen-bond donors (Lipinski definition) is 1. The number of nitrogens with zero attached hydrogens (tertiary/aromatic N) is 1. The SMILES string of the molecule is CC(C)(C(=O)Nc1nc(-c2cccc3ccccc23)cs1)C1c2ccccc2Oc2ccccc21. The zero-order valence-corrected chi connectivity index (χ0v) is 20.3. The van der Waals surface area contributed by atoms with Crippen LogP contribution in [0.15, 0.2) is 96.4 Å². The fourth-order valence-corrected chi connectivity index (χ4v) is 5.69. The fraction of sp³-hybridized carbons (Fsp3) is 0.133. The summed E-state index contributed by atoms with van der Waals surface area (Å²) in [5, 5.41) is 8.02. The van der Waals surface area contributed by atoms with E-state index < -0.39 is 5.41 Å². The average molecular weight is 477 g/mol. The zero-order chi connectivity index (χ0) is 24.0. The van der Waals surface area contributed by atoms with Crippen molar-refractivity contribution in [3.05, 3.63) is 108 Å². The minimum Gasteiger partial charge on any atom is -0.457 e. The summed E-state index contributed by atoms with van der Waals surface area (Å²) in [7, 11) is 0. The fourth-order valence-electron chi connectivity index (χ4n) is 4.98. The van der Waals surface area contributed by atoms with Gasteiger partial charge in [0.1, 0.15) is 11.5 Å². The van der Waals surface area contributed by atoms with Crippen molar-refractivity contribution in [1.82, 2.24) is 4.98 Å². The van der Waals surface area contributed by atoms with Gasteiger partial charge in [0.15, 0.2) is 5.13 Å². The second-order valence-electron chi connectivity index (χ2n) is 9.35. The molecule has 0 bridgehead atoms. The van der Waals surface area contributed by atoms with Crippen LogP contribution in [-0.4, -0.2) is 10.9 Å². The second kappa shape index (κ2) is 8.36. The van der Waals surface area contributed by atoms with E-state index in [4.69, 9.17) is 9.72 Å². The van der Waals surface area contributed by atoms with Crippen molar-refractivity contribution in [1.29, 1.82) is 0 Å². The highest BCUT2D eigenvalue weighted by atomic mass is 32.1. The van der Waals surface area contributed by atoms with E-state index in [9.17, 15) is 4.79 Å². The first-order chi connectivity index (χ1) is 17.0. The Morgan fingerprint density at radius 2 is 1.49 bits per heavy atom. The highest BCUT2D eigenvalue weighted by Crippen LogP contribution is 2.52. The molecule has 4 aromatic carbocycles. The predicted octanol–water partition coefficient (Wildman–Crippen LogP) is 7.87. The van der Waals surface area contributed by atoms with E-state index in [1.54, 1.807) is 0 Å². The molecule has 5 aromatic rings. The Labute approximate surface area is 208 Å². The number of benzene rings is 4. The summed E-state index contributed by atoms with van der Waals surface area (Å²) in [5.41, 5.74) is 3.21. The van der Waals surface area contributed by atoms with E-state index in [1.807, 2.05) is 86.0 Å². The molecule has 0 radical (unpaired) electrons. The van der Waals surface area contributed by atoms with Crippen molar-refractivity contribution in [2.75, 3.05) is 5.32 Å². The first kappa shape index (κ1) is 21.6. The molecule has 5 heteroatoms. The van der Waals surface area contributed by atoms with Crippen LogP contribution in [0.25, 0.3) is 22.0 Å². The molecule has 2 heterocycles. The predicted molar refractivity (Wildman–Crippen MR) is 142 cm³/mol. The van der Waals surface area contributed by atoms with Crippen LogP contribution < -0.4 is 10.1 Å². The van der Waals surface area contributed by atoms with Crippen molar-refractivity contribution < 1.29 is 9.53 Å². The maximum atomic E-state index is 13.7. The number of nitrogens with one attached hydrogen (secondary N) is 1. The van der Waals surface area contributed by atoms with Gasteiger partial charge in [0, 0.05) is 28.0 Å². The monoisotopic (exact) mass is 476 g/mol. The van der Waals surface area contributed by atoms with Crippen LogP contribution in [0.4, 0.5) is 5.13 Å². The maximum absolute atomic E-state index is 13.7. The van der Waals surface area contributed by atoms with E-state index in [0.29, 0.717) is 5.13 Å². The lowest BCUT2D eigenvalue weighted by atomic mass is 9.69. The van der Waals surface area contributed by atoms with Crippen molar-refractivity contribution in [3.63, 3.8) is 0 Å². The molecule has 0 saturated carbocycles. The number of hydrogen-bond acceptors (Lipinski definition) is 4. The van der Waals surface area contributed by atoms with Crippen LogP contribution in [0, 0.1) is 5.41 Å². The molecule has 0 unspecified atom stereocenters. The van der Waals surface area contributed by atoms with E-state index in [2.05, 4.69) is 29.6 Å². The number of thiazole rings is 1. The molecule has 1 N–H and O–H groups in total. The van der Waals surface area contributed by atoms with Gasteiger partial charge in [-0.25, -0.2) is 4.98 Å². The summed E-state index contributed by atoms with van der Waals surface area (Å²) in [6.45, 7) is 3.98. The molecule has 1 aromatic heterocycles. The lowest BCUT2D eigenvalue weighted by Crippen LogP contribution is -2.38. The van der Waals surface area contributed by atoms with E-state index in [0.717, 1.165) is 39.3 Å². The summed E-state index contributed by atoms with van der Waals surface area (Å²) in [6, 6.07) is 30.4. The van der Waals surface area contributed by atoms with Crippen molar-refractivity contribution in [3.8, 4) is 22.8 Å². The third-order valence-electron chi connectivity index (χ3n) is 6.78. The van der Waals surface area contributed by atoms with Gasteiger partial charge in [0.25, 0.3) is 0 Å². The standard InChI is InChI=1S/C30H24N2O2S/c1-30(2,27-22-13-5-7-16-25(22)34-26-17-8-6-14-23(26)27)28(33)32-29-31-24(18-35-29)21-15-9-11-19-10-3-4-12-20(19)21/h3-18,27H,1-2H3,(H,31,32,33). The number of para-hydroxylation sites is 2. The minimum absolute atomic E-state index is 0.0761. The number of aromatic nitrogens is 1. The molecule has 0 fully saturated rings. The van der Waals surface area contributed by atoms with Crippen LogP contribution >= 0.6 is 11.3 Å². The van der Waals surface area contributed by atoms with Gasteiger partial charge in [0.05, 0.1) is 11.1 Å². The maximum Gasteiger partial charge on any atom is 0.232 e. The number of ether oxygens (including phenoxy) is 1. The largest absolute Gasteiger partial charge is 0.457 e. The van der Waals surface area contributed by atoms with E-state index in [1.165, 1.54) is 16.7 Å². The molecular weight excluding hydrogens is 452 g/mol. The third-order valence-corrected chi connectivity index (χ3v) is 7.53. The molecule has 0 spiro atoms. The third kappa shape index (κ3) is 3.69. The number of anilines is 1. The normalized spacial score (nSPS) is 13.1. The highest BCUT2D eigenvalue weighted by Gasteiger charge is 2.43. The molecule has 0 atom stereocenters. The summed E-state index contributed by atoms with van der Waals surface area (Å²) < 4.78 is 6.15. The van der Waals surface area contributed by atoms with Gasteiger partial charge in [-0.05, 0) is 22.9 Å². The first-order valence-corrected chi connectivity index (χ1v) is 12.5.